The Hall–Kier alpha value is -0.220. The van der Waals surface area contributed by atoms with Gasteiger partial charge in [0.25, 0.3) is 0 Å². The van der Waals surface area contributed by atoms with Crippen LogP contribution in [-0.2, 0) is 0 Å². The quantitative estimate of drug-likeness (QED) is 0.894. The maximum absolute atomic E-state index is 4.48. The van der Waals surface area contributed by atoms with Crippen LogP contribution in [0.25, 0.3) is 0 Å². The lowest BCUT2D eigenvalue weighted by atomic mass is 10.2. The number of thioether (sulfide) groups is 1. The summed E-state index contributed by atoms with van der Waals surface area (Å²) < 4.78 is 1.06. The highest BCUT2D eigenvalue weighted by Gasteiger charge is 2.06. The highest BCUT2D eigenvalue weighted by Crippen LogP contribution is 2.17. The van der Waals surface area contributed by atoms with E-state index in [1.54, 1.807) is 0 Å². The third-order valence-corrected chi connectivity index (χ3v) is 3.81. The van der Waals surface area contributed by atoms with Gasteiger partial charge in [-0.25, -0.2) is 4.98 Å². The van der Waals surface area contributed by atoms with Crippen LogP contribution < -0.4 is 5.32 Å². The van der Waals surface area contributed by atoms with Crippen LogP contribution in [0.5, 0.6) is 0 Å². The zero-order valence-electron chi connectivity index (χ0n) is 9.38. The van der Waals surface area contributed by atoms with Gasteiger partial charge < -0.3 is 5.32 Å². The SMILES string of the molecule is CCC(CSC)Nc1ccc(Br)c(C)n1. The summed E-state index contributed by atoms with van der Waals surface area (Å²) in [4.78, 5) is 4.48. The summed E-state index contributed by atoms with van der Waals surface area (Å²) in [7, 11) is 0. The Morgan fingerprint density at radius 3 is 2.80 bits per heavy atom. The second kappa shape index (κ2) is 6.38. The molecule has 0 saturated heterocycles. The lowest BCUT2D eigenvalue weighted by Gasteiger charge is -2.16. The van der Waals surface area contributed by atoms with Crippen molar-refractivity contribution in [2.45, 2.75) is 26.3 Å². The number of aromatic nitrogens is 1. The van der Waals surface area contributed by atoms with Crippen LogP contribution >= 0.6 is 27.7 Å². The molecule has 1 aromatic rings. The van der Waals surface area contributed by atoms with Gasteiger partial charge in [-0.2, -0.15) is 11.8 Å². The molecule has 1 heterocycles. The molecule has 0 saturated carbocycles. The van der Waals surface area contributed by atoms with Gasteiger partial charge in [-0.3, -0.25) is 0 Å². The van der Waals surface area contributed by atoms with Crippen molar-refractivity contribution < 1.29 is 0 Å². The molecule has 0 amide bonds. The summed E-state index contributed by atoms with van der Waals surface area (Å²) in [6, 6.07) is 4.56. The predicted molar refractivity (Wildman–Crippen MR) is 72.8 cm³/mol. The topological polar surface area (TPSA) is 24.9 Å². The molecule has 1 N–H and O–H groups in total. The lowest BCUT2D eigenvalue weighted by molar-refractivity contribution is 0.769. The third kappa shape index (κ3) is 4.03. The number of pyridine rings is 1. The van der Waals surface area contributed by atoms with E-state index in [9.17, 15) is 0 Å². The summed E-state index contributed by atoms with van der Waals surface area (Å²) >= 11 is 5.31. The van der Waals surface area contributed by atoms with Gasteiger partial charge in [-0.15, -0.1) is 0 Å². The van der Waals surface area contributed by atoms with Crippen molar-refractivity contribution in [3.63, 3.8) is 0 Å². The van der Waals surface area contributed by atoms with E-state index in [0.29, 0.717) is 6.04 Å². The van der Waals surface area contributed by atoms with E-state index in [-0.39, 0.29) is 0 Å². The standard InChI is InChI=1S/C11H17BrN2S/c1-4-9(7-15-3)14-11-6-5-10(12)8(2)13-11/h5-6,9H,4,7H2,1-3H3,(H,13,14). The van der Waals surface area contributed by atoms with Crippen LogP contribution in [0.1, 0.15) is 19.0 Å². The molecule has 4 heteroatoms. The van der Waals surface area contributed by atoms with Crippen LogP contribution in [0.2, 0.25) is 0 Å². The van der Waals surface area contributed by atoms with Gasteiger partial charge in [0.2, 0.25) is 0 Å². The molecular weight excluding hydrogens is 272 g/mol. The summed E-state index contributed by atoms with van der Waals surface area (Å²) in [5.41, 5.74) is 1.03. The highest BCUT2D eigenvalue weighted by atomic mass is 79.9. The zero-order chi connectivity index (χ0) is 11.3. The number of anilines is 1. The lowest BCUT2D eigenvalue weighted by Crippen LogP contribution is -2.21. The van der Waals surface area contributed by atoms with Gasteiger partial charge in [0.1, 0.15) is 5.82 Å². The summed E-state index contributed by atoms with van der Waals surface area (Å²) in [5.74, 6) is 2.09. The first-order chi connectivity index (χ1) is 7.17. The molecule has 0 spiro atoms. The Balaban J connectivity index is 2.66. The molecule has 0 radical (unpaired) electrons. The summed E-state index contributed by atoms with van der Waals surface area (Å²) in [5, 5.41) is 3.44. The Morgan fingerprint density at radius 2 is 2.27 bits per heavy atom. The fraction of sp³-hybridized carbons (Fsp3) is 0.545. The molecule has 84 valence electrons. The van der Waals surface area contributed by atoms with Gasteiger partial charge in [-0.1, -0.05) is 6.92 Å². The maximum Gasteiger partial charge on any atom is 0.126 e. The average Bonchev–Trinajstić information content (AvgIpc) is 2.23. The first-order valence-electron chi connectivity index (χ1n) is 5.06. The second-order valence-electron chi connectivity index (χ2n) is 3.47. The monoisotopic (exact) mass is 288 g/mol. The Morgan fingerprint density at radius 1 is 1.53 bits per heavy atom. The minimum absolute atomic E-state index is 0.507. The van der Waals surface area contributed by atoms with E-state index in [1.165, 1.54) is 0 Å². The van der Waals surface area contributed by atoms with Crippen molar-refractivity contribution >= 4 is 33.5 Å². The molecule has 1 rings (SSSR count). The van der Waals surface area contributed by atoms with Gasteiger partial charge in [0.05, 0.1) is 5.69 Å². The van der Waals surface area contributed by atoms with Gasteiger partial charge in [0.15, 0.2) is 0 Å². The van der Waals surface area contributed by atoms with Crippen LogP contribution in [0.4, 0.5) is 5.82 Å². The Bertz CT molecular complexity index is 317. The number of hydrogen-bond donors (Lipinski definition) is 1. The average molecular weight is 289 g/mol. The molecule has 0 aliphatic carbocycles. The number of nitrogens with zero attached hydrogens (tertiary/aromatic N) is 1. The number of hydrogen-bond acceptors (Lipinski definition) is 3. The van der Waals surface area contributed by atoms with Crippen LogP contribution in [-0.4, -0.2) is 23.0 Å². The van der Waals surface area contributed by atoms with E-state index < -0.39 is 0 Å². The minimum atomic E-state index is 0.507. The van der Waals surface area contributed by atoms with Crippen molar-refractivity contribution in [3.05, 3.63) is 22.3 Å². The van der Waals surface area contributed by atoms with Crippen LogP contribution in [0, 0.1) is 6.92 Å². The highest BCUT2D eigenvalue weighted by molar-refractivity contribution is 9.10. The van der Waals surface area contributed by atoms with Gasteiger partial charge in [0, 0.05) is 16.3 Å². The van der Waals surface area contributed by atoms with E-state index in [1.807, 2.05) is 30.8 Å². The zero-order valence-corrected chi connectivity index (χ0v) is 11.8. The number of nitrogens with one attached hydrogen (secondary N) is 1. The number of rotatable bonds is 5. The molecule has 1 unspecified atom stereocenters. The molecule has 0 aliphatic heterocycles. The minimum Gasteiger partial charge on any atom is -0.367 e. The molecule has 15 heavy (non-hydrogen) atoms. The summed E-state index contributed by atoms with van der Waals surface area (Å²) in [6.07, 6.45) is 3.25. The van der Waals surface area contributed by atoms with Crippen molar-refractivity contribution in [2.24, 2.45) is 0 Å². The van der Waals surface area contributed by atoms with E-state index in [2.05, 4.69) is 39.4 Å². The smallest absolute Gasteiger partial charge is 0.126 e. The number of halogens is 1. The fourth-order valence-corrected chi connectivity index (χ4v) is 2.24. The van der Waals surface area contributed by atoms with E-state index in [0.717, 1.165) is 28.2 Å². The molecule has 1 aromatic heterocycles. The first kappa shape index (κ1) is 12.8. The third-order valence-electron chi connectivity index (χ3n) is 2.23. The second-order valence-corrected chi connectivity index (χ2v) is 5.23. The molecule has 0 aliphatic rings. The van der Waals surface area contributed by atoms with Gasteiger partial charge >= 0.3 is 0 Å². The molecule has 0 aromatic carbocycles. The first-order valence-corrected chi connectivity index (χ1v) is 7.24. The Kier molecular flexibility index (Phi) is 5.47. The Labute approximate surface area is 104 Å². The van der Waals surface area contributed by atoms with E-state index >= 15 is 0 Å². The largest absolute Gasteiger partial charge is 0.367 e. The predicted octanol–water partition coefficient (Wildman–Crippen LogP) is 3.71. The van der Waals surface area contributed by atoms with Crippen molar-refractivity contribution in [3.8, 4) is 0 Å². The van der Waals surface area contributed by atoms with Crippen LogP contribution in [0.15, 0.2) is 16.6 Å². The molecule has 2 nitrogen and oxygen atoms in total. The molecule has 0 fully saturated rings. The van der Waals surface area contributed by atoms with Crippen molar-refractivity contribution in [1.82, 2.24) is 4.98 Å². The fourth-order valence-electron chi connectivity index (χ4n) is 1.30. The van der Waals surface area contributed by atoms with Crippen LogP contribution in [0.3, 0.4) is 0 Å². The normalized spacial score (nSPS) is 12.5. The molecular formula is C11H17BrN2S. The van der Waals surface area contributed by atoms with E-state index in [4.69, 9.17) is 0 Å². The van der Waals surface area contributed by atoms with Crippen molar-refractivity contribution in [2.75, 3.05) is 17.3 Å². The maximum atomic E-state index is 4.48. The van der Waals surface area contributed by atoms with Crippen molar-refractivity contribution in [1.29, 1.82) is 0 Å². The van der Waals surface area contributed by atoms with Gasteiger partial charge in [-0.05, 0) is 47.7 Å². The molecule has 1 atom stereocenters. The molecule has 0 bridgehead atoms. The summed E-state index contributed by atoms with van der Waals surface area (Å²) in [6.45, 7) is 4.20. The number of aryl methyl sites for hydroxylation is 1.